The van der Waals surface area contributed by atoms with Gasteiger partial charge in [0.1, 0.15) is 11.6 Å². The number of imidazole rings is 2. The number of H-pyrrole nitrogens is 2. The molecular formula is C29H18N4O3. The van der Waals surface area contributed by atoms with Crippen molar-refractivity contribution < 1.29 is 14.4 Å². The molecule has 0 spiro atoms. The van der Waals surface area contributed by atoms with Gasteiger partial charge in [-0.1, -0.05) is 60.7 Å². The molecular weight excluding hydrogens is 452 g/mol. The minimum absolute atomic E-state index is 0.0362. The monoisotopic (exact) mass is 470 g/mol. The average Bonchev–Trinajstić information content (AvgIpc) is 3.57. The molecule has 4 aromatic carbocycles. The number of nitrogens with zero attached hydrogens (tertiary/aromatic N) is 2. The van der Waals surface area contributed by atoms with Crippen molar-refractivity contribution in [2.75, 3.05) is 0 Å². The van der Waals surface area contributed by atoms with E-state index in [1.54, 1.807) is 0 Å². The smallest absolute Gasteiger partial charge is 0.233 e. The lowest BCUT2D eigenvalue weighted by Crippen LogP contribution is -2.20. The van der Waals surface area contributed by atoms with Crippen LogP contribution in [0.2, 0.25) is 0 Å². The Labute approximate surface area is 203 Å². The molecule has 1 fully saturated rings. The fourth-order valence-electron chi connectivity index (χ4n) is 5.08. The molecule has 1 saturated carbocycles. The number of Topliss-reactive ketones (excluding diaryl/α,β-unsaturated/α-hetero) is 3. The second-order valence-corrected chi connectivity index (χ2v) is 9.04. The molecule has 0 amide bonds. The number of aromatic nitrogens is 4. The molecule has 7 heteroatoms. The minimum atomic E-state index is -1.10. The Morgan fingerprint density at radius 2 is 1.31 bits per heavy atom. The molecule has 2 heterocycles. The highest BCUT2D eigenvalue weighted by Crippen LogP contribution is 2.29. The average molecular weight is 470 g/mol. The summed E-state index contributed by atoms with van der Waals surface area (Å²) in [5.74, 6) is -2.23. The Hall–Kier alpha value is -4.91. The van der Waals surface area contributed by atoms with E-state index in [0.29, 0.717) is 11.6 Å². The number of rotatable bonds is 3. The fourth-order valence-corrected chi connectivity index (χ4v) is 5.08. The fraction of sp³-hybridized carbons (Fsp3) is 0.0690. The molecule has 7 rings (SSSR count). The van der Waals surface area contributed by atoms with Crippen molar-refractivity contribution in [2.45, 2.75) is 6.42 Å². The predicted molar refractivity (Wildman–Crippen MR) is 137 cm³/mol. The topological polar surface area (TPSA) is 109 Å². The third kappa shape index (κ3) is 3.03. The van der Waals surface area contributed by atoms with Gasteiger partial charge in [0.05, 0.1) is 33.6 Å². The first kappa shape index (κ1) is 20.5. The quantitative estimate of drug-likeness (QED) is 0.169. The highest BCUT2D eigenvalue weighted by molar-refractivity contribution is 6.60. The van der Waals surface area contributed by atoms with Crippen molar-refractivity contribution in [1.29, 1.82) is 0 Å². The van der Waals surface area contributed by atoms with Crippen molar-refractivity contribution in [3.05, 3.63) is 90.0 Å². The molecule has 0 aliphatic heterocycles. The van der Waals surface area contributed by atoms with Crippen molar-refractivity contribution in [3.63, 3.8) is 0 Å². The second-order valence-electron chi connectivity index (χ2n) is 9.04. The van der Waals surface area contributed by atoms with Crippen molar-refractivity contribution >= 4 is 67.0 Å². The molecule has 2 aromatic heterocycles. The molecule has 6 aromatic rings. The minimum Gasteiger partial charge on any atom is -0.342 e. The van der Waals surface area contributed by atoms with Crippen molar-refractivity contribution in [3.8, 4) is 0 Å². The van der Waals surface area contributed by atoms with E-state index >= 15 is 0 Å². The zero-order valence-corrected chi connectivity index (χ0v) is 18.9. The molecule has 2 N–H and O–H groups in total. The van der Waals surface area contributed by atoms with E-state index < -0.39 is 23.3 Å². The summed E-state index contributed by atoms with van der Waals surface area (Å²) in [7, 11) is 0. The van der Waals surface area contributed by atoms with Gasteiger partial charge in [-0.2, -0.15) is 0 Å². The van der Waals surface area contributed by atoms with E-state index in [2.05, 4.69) is 19.9 Å². The predicted octanol–water partition coefficient (Wildman–Crippen LogP) is 4.71. The number of fused-ring (bicyclic) bond motifs is 6. The Bertz CT molecular complexity index is 1940. The lowest BCUT2D eigenvalue weighted by atomic mass is 10.0. The normalized spacial score (nSPS) is 17.5. The van der Waals surface area contributed by atoms with Gasteiger partial charge in [-0.15, -0.1) is 0 Å². The Morgan fingerprint density at radius 1 is 0.694 bits per heavy atom. The molecule has 36 heavy (non-hydrogen) atoms. The molecule has 0 bridgehead atoms. The van der Waals surface area contributed by atoms with Gasteiger partial charge in [0.2, 0.25) is 11.6 Å². The van der Waals surface area contributed by atoms with Gasteiger partial charge < -0.3 is 9.97 Å². The van der Waals surface area contributed by atoms with Gasteiger partial charge in [0.25, 0.3) is 0 Å². The summed E-state index contributed by atoms with van der Waals surface area (Å²) in [6.07, 6.45) is 1.43. The van der Waals surface area contributed by atoms with Crippen LogP contribution in [0.3, 0.4) is 0 Å². The molecule has 1 aliphatic carbocycles. The molecule has 0 saturated heterocycles. The number of carbonyl (C=O) groups is 3. The highest BCUT2D eigenvalue weighted by atomic mass is 16.2. The molecule has 0 radical (unpaired) electrons. The van der Waals surface area contributed by atoms with Crippen LogP contribution in [0.1, 0.15) is 11.6 Å². The van der Waals surface area contributed by atoms with Crippen LogP contribution in [0.15, 0.2) is 78.4 Å². The van der Waals surface area contributed by atoms with Crippen LogP contribution in [0.5, 0.6) is 0 Å². The summed E-state index contributed by atoms with van der Waals surface area (Å²) in [6, 6.07) is 23.5. The van der Waals surface area contributed by atoms with Gasteiger partial charge >= 0.3 is 0 Å². The standard InChI is InChI=1S/C29H18N4O3/c34-27-19(13-23-30-21-11-9-15-5-1-3-7-17(15)25(21)32-23)28(35)29(36)20(27)14-24-31-22-12-10-16-6-2-4-8-18(16)26(22)33-24/h1-13,20H,14H2,(H,30,32)(H,31,33). The maximum atomic E-state index is 13.2. The Morgan fingerprint density at radius 3 is 2.00 bits per heavy atom. The first-order valence-corrected chi connectivity index (χ1v) is 11.6. The van der Waals surface area contributed by atoms with Crippen LogP contribution in [-0.2, 0) is 20.8 Å². The van der Waals surface area contributed by atoms with E-state index in [0.717, 1.165) is 43.6 Å². The van der Waals surface area contributed by atoms with E-state index in [1.807, 2.05) is 72.8 Å². The van der Waals surface area contributed by atoms with Crippen LogP contribution < -0.4 is 0 Å². The summed E-state index contributed by atoms with van der Waals surface area (Å²) in [5, 5.41) is 4.04. The van der Waals surface area contributed by atoms with Gasteiger partial charge in [-0.05, 0) is 29.0 Å². The van der Waals surface area contributed by atoms with Crippen LogP contribution >= 0.6 is 0 Å². The van der Waals surface area contributed by atoms with Crippen LogP contribution in [0.25, 0.3) is 49.7 Å². The number of hydrogen-bond acceptors (Lipinski definition) is 5. The summed E-state index contributed by atoms with van der Waals surface area (Å²) in [4.78, 5) is 54.4. The maximum Gasteiger partial charge on any atom is 0.233 e. The van der Waals surface area contributed by atoms with Gasteiger partial charge in [0.15, 0.2) is 5.78 Å². The third-order valence-corrected chi connectivity index (χ3v) is 6.87. The van der Waals surface area contributed by atoms with Gasteiger partial charge in [-0.3, -0.25) is 14.4 Å². The number of carbonyl (C=O) groups excluding carboxylic acids is 3. The largest absolute Gasteiger partial charge is 0.342 e. The lowest BCUT2D eigenvalue weighted by molar-refractivity contribution is -0.135. The summed E-state index contributed by atoms with van der Waals surface area (Å²) >= 11 is 0. The summed E-state index contributed by atoms with van der Waals surface area (Å²) in [5.41, 5.74) is 2.98. The summed E-state index contributed by atoms with van der Waals surface area (Å²) < 4.78 is 0. The van der Waals surface area contributed by atoms with Crippen LogP contribution in [-0.4, -0.2) is 37.3 Å². The Kier molecular flexibility index (Phi) is 4.29. The lowest BCUT2D eigenvalue weighted by Gasteiger charge is -2.01. The van der Waals surface area contributed by atoms with E-state index in [-0.39, 0.29) is 12.0 Å². The first-order valence-electron chi connectivity index (χ1n) is 11.6. The van der Waals surface area contributed by atoms with Crippen LogP contribution in [0.4, 0.5) is 0 Å². The molecule has 1 unspecified atom stereocenters. The molecule has 1 atom stereocenters. The second kappa shape index (κ2) is 7.55. The van der Waals surface area contributed by atoms with E-state index in [1.165, 1.54) is 6.08 Å². The van der Waals surface area contributed by atoms with Crippen molar-refractivity contribution in [2.24, 2.45) is 5.92 Å². The van der Waals surface area contributed by atoms with Gasteiger partial charge in [0, 0.05) is 17.2 Å². The number of allylic oxidation sites excluding steroid dienone is 1. The maximum absolute atomic E-state index is 13.2. The van der Waals surface area contributed by atoms with E-state index in [9.17, 15) is 14.4 Å². The molecule has 7 nitrogen and oxygen atoms in total. The number of benzene rings is 4. The molecule has 1 aliphatic rings. The number of nitrogens with one attached hydrogen (secondary N) is 2. The number of aromatic amines is 2. The first-order chi connectivity index (χ1) is 17.6. The van der Waals surface area contributed by atoms with Crippen molar-refractivity contribution in [1.82, 2.24) is 19.9 Å². The van der Waals surface area contributed by atoms with Crippen LogP contribution in [0, 0.1) is 5.92 Å². The third-order valence-electron chi connectivity index (χ3n) is 6.87. The number of ketones is 3. The molecule has 172 valence electrons. The SMILES string of the molecule is O=C1C(=O)C(Cc2nc3c(ccc4ccccc43)[nH]2)C(=O)C1=Cc1nc2c(ccc3ccccc32)[nH]1. The zero-order chi connectivity index (χ0) is 24.4. The van der Waals surface area contributed by atoms with Gasteiger partial charge in [-0.25, -0.2) is 9.97 Å². The van der Waals surface area contributed by atoms with E-state index in [4.69, 9.17) is 0 Å². The highest BCUT2D eigenvalue weighted by Gasteiger charge is 2.45. The Balaban J connectivity index is 1.24. The number of hydrogen-bond donors (Lipinski definition) is 2. The summed E-state index contributed by atoms with van der Waals surface area (Å²) in [6.45, 7) is 0. The zero-order valence-electron chi connectivity index (χ0n) is 18.9.